The van der Waals surface area contributed by atoms with Gasteiger partial charge in [0, 0.05) is 38.6 Å². The van der Waals surface area contributed by atoms with Crippen molar-refractivity contribution < 1.29 is 4.79 Å². The molecule has 0 unspecified atom stereocenters. The molecule has 2 heterocycles. The van der Waals surface area contributed by atoms with Gasteiger partial charge in [0.25, 0.3) is 0 Å². The van der Waals surface area contributed by atoms with Crippen molar-refractivity contribution in [1.82, 2.24) is 15.1 Å². The highest BCUT2D eigenvalue weighted by atomic mass is 35.5. The Bertz CT molecular complexity index is 468. The molecule has 128 valence electrons. The predicted octanol–water partition coefficient (Wildman–Crippen LogP) is 1.79. The minimum absolute atomic E-state index is 0. The number of piperazine rings is 1. The van der Waals surface area contributed by atoms with Crippen LogP contribution >= 0.6 is 12.4 Å². The van der Waals surface area contributed by atoms with Crippen molar-refractivity contribution in [2.45, 2.75) is 19.3 Å². The minimum Gasteiger partial charge on any atom is -0.340 e. The van der Waals surface area contributed by atoms with Crippen LogP contribution in [0.15, 0.2) is 30.3 Å². The highest BCUT2D eigenvalue weighted by molar-refractivity contribution is 5.85. The van der Waals surface area contributed by atoms with E-state index in [-0.39, 0.29) is 18.3 Å². The van der Waals surface area contributed by atoms with Gasteiger partial charge in [0.15, 0.2) is 0 Å². The van der Waals surface area contributed by atoms with E-state index in [1.807, 2.05) is 0 Å². The first-order chi connectivity index (χ1) is 10.8. The second kappa shape index (κ2) is 9.26. The number of benzene rings is 1. The van der Waals surface area contributed by atoms with E-state index >= 15 is 0 Å². The number of nitrogens with zero attached hydrogens (tertiary/aromatic N) is 2. The third kappa shape index (κ3) is 5.20. The second-order valence-corrected chi connectivity index (χ2v) is 6.43. The summed E-state index contributed by atoms with van der Waals surface area (Å²) >= 11 is 0. The SMILES string of the molecule is Cl.O=C(C1CCNCC1)N1CCN(CCc2ccccc2)CC1. The van der Waals surface area contributed by atoms with Crippen molar-refractivity contribution >= 4 is 18.3 Å². The maximum atomic E-state index is 12.5. The van der Waals surface area contributed by atoms with Crippen LogP contribution in [0.3, 0.4) is 0 Å². The van der Waals surface area contributed by atoms with E-state index in [0.717, 1.165) is 65.1 Å². The fourth-order valence-corrected chi connectivity index (χ4v) is 3.45. The Morgan fingerprint density at radius 2 is 1.70 bits per heavy atom. The van der Waals surface area contributed by atoms with Crippen LogP contribution < -0.4 is 5.32 Å². The molecule has 0 bridgehead atoms. The largest absolute Gasteiger partial charge is 0.340 e. The van der Waals surface area contributed by atoms with Gasteiger partial charge in [-0.15, -0.1) is 12.4 Å². The van der Waals surface area contributed by atoms with E-state index in [4.69, 9.17) is 0 Å². The molecule has 3 rings (SSSR count). The summed E-state index contributed by atoms with van der Waals surface area (Å²) in [7, 11) is 0. The molecule has 0 spiro atoms. The number of hydrogen-bond acceptors (Lipinski definition) is 3. The Hall–Kier alpha value is -1.10. The van der Waals surface area contributed by atoms with Gasteiger partial charge in [-0.2, -0.15) is 0 Å². The minimum atomic E-state index is 0. The Morgan fingerprint density at radius 3 is 2.35 bits per heavy atom. The van der Waals surface area contributed by atoms with Crippen LogP contribution in [0.5, 0.6) is 0 Å². The zero-order chi connectivity index (χ0) is 15.2. The molecule has 4 nitrogen and oxygen atoms in total. The molecule has 2 saturated heterocycles. The Morgan fingerprint density at radius 1 is 1.04 bits per heavy atom. The van der Waals surface area contributed by atoms with E-state index in [0.29, 0.717) is 5.91 Å². The fourth-order valence-electron chi connectivity index (χ4n) is 3.45. The summed E-state index contributed by atoms with van der Waals surface area (Å²) in [5.74, 6) is 0.654. The van der Waals surface area contributed by atoms with E-state index in [9.17, 15) is 4.79 Å². The van der Waals surface area contributed by atoms with Crippen molar-refractivity contribution in [2.24, 2.45) is 5.92 Å². The van der Waals surface area contributed by atoms with Gasteiger partial charge >= 0.3 is 0 Å². The van der Waals surface area contributed by atoms with Crippen molar-refractivity contribution in [2.75, 3.05) is 45.8 Å². The highest BCUT2D eigenvalue weighted by Crippen LogP contribution is 2.16. The molecule has 0 saturated carbocycles. The molecule has 0 aliphatic carbocycles. The van der Waals surface area contributed by atoms with Gasteiger partial charge in [0.1, 0.15) is 0 Å². The maximum absolute atomic E-state index is 12.5. The number of rotatable bonds is 4. The lowest BCUT2D eigenvalue weighted by atomic mass is 9.96. The van der Waals surface area contributed by atoms with Crippen LogP contribution in [0, 0.1) is 5.92 Å². The summed E-state index contributed by atoms with van der Waals surface area (Å²) in [6, 6.07) is 10.7. The summed E-state index contributed by atoms with van der Waals surface area (Å²) in [4.78, 5) is 17.1. The zero-order valence-corrected chi connectivity index (χ0v) is 14.6. The first-order valence-electron chi connectivity index (χ1n) is 8.59. The van der Waals surface area contributed by atoms with Gasteiger partial charge in [-0.25, -0.2) is 0 Å². The topological polar surface area (TPSA) is 35.6 Å². The molecule has 1 aromatic carbocycles. The van der Waals surface area contributed by atoms with Gasteiger partial charge in [-0.1, -0.05) is 30.3 Å². The molecule has 0 atom stereocenters. The lowest BCUT2D eigenvalue weighted by Crippen LogP contribution is -2.51. The Labute approximate surface area is 145 Å². The first kappa shape index (κ1) is 18.2. The van der Waals surface area contributed by atoms with Crippen molar-refractivity contribution in [3.63, 3.8) is 0 Å². The number of piperidine rings is 1. The molecule has 5 heteroatoms. The van der Waals surface area contributed by atoms with Crippen LogP contribution in [0.4, 0.5) is 0 Å². The lowest BCUT2D eigenvalue weighted by molar-refractivity contribution is -0.138. The molecule has 1 N–H and O–H groups in total. The van der Waals surface area contributed by atoms with Gasteiger partial charge in [-0.3, -0.25) is 9.69 Å². The lowest BCUT2D eigenvalue weighted by Gasteiger charge is -2.37. The monoisotopic (exact) mass is 337 g/mol. The van der Waals surface area contributed by atoms with Crippen LogP contribution in [0.1, 0.15) is 18.4 Å². The summed E-state index contributed by atoms with van der Waals surface area (Å²) in [6.07, 6.45) is 3.11. The third-order valence-electron chi connectivity index (χ3n) is 4.93. The Kier molecular flexibility index (Phi) is 7.34. The van der Waals surface area contributed by atoms with Crippen molar-refractivity contribution in [3.05, 3.63) is 35.9 Å². The van der Waals surface area contributed by atoms with Crippen molar-refractivity contribution in [3.8, 4) is 0 Å². The fraction of sp³-hybridized carbons (Fsp3) is 0.611. The van der Waals surface area contributed by atoms with Gasteiger partial charge in [0.2, 0.25) is 5.91 Å². The summed E-state index contributed by atoms with van der Waals surface area (Å²) in [6.45, 7) is 6.92. The molecule has 0 aromatic heterocycles. The molecular weight excluding hydrogens is 310 g/mol. The summed E-state index contributed by atoms with van der Waals surface area (Å²) in [5.41, 5.74) is 1.40. The summed E-state index contributed by atoms with van der Waals surface area (Å²) < 4.78 is 0. The van der Waals surface area contributed by atoms with E-state index < -0.39 is 0 Å². The number of carbonyl (C=O) groups is 1. The molecule has 2 aliphatic heterocycles. The molecule has 0 radical (unpaired) electrons. The van der Waals surface area contributed by atoms with Crippen LogP contribution in [0.25, 0.3) is 0 Å². The van der Waals surface area contributed by atoms with Gasteiger partial charge < -0.3 is 10.2 Å². The molecule has 2 fully saturated rings. The normalized spacial score (nSPS) is 20.1. The van der Waals surface area contributed by atoms with Crippen LogP contribution in [-0.4, -0.2) is 61.5 Å². The highest BCUT2D eigenvalue weighted by Gasteiger charge is 2.28. The predicted molar refractivity (Wildman–Crippen MR) is 96.0 cm³/mol. The van der Waals surface area contributed by atoms with E-state index in [1.54, 1.807) is 0 Å². The number of amides is 1. The zero-order valence-electron chi connectivity index (χ0n) is 13.7. The average Bonchev–Trinajstić information content (AvgIpc) is 2.61. The number of carbonyl (C=O) groups excluding carboxylic acids is 1. The van der Waals surface area contributed by atoms with Crippen molar-refractivity contribution in [1.29, 1.82) is 0 Å². The third-order valence-corrected chi connectivity index (χ3v) is 4.93. The quantitative estimate of drug-likeness (QED) is 0.910. The molecular formula is C18H28ClN3O. The van der Waals surface area contributed by atoms with Gasteiger partial charge in [-0.05, 0) is 37.9 Å². The van der Waals surface area contributed by atoms with E-state index in [1.165, 1.54) is 5.56 Å². The first-order valence-corrected chi connectivity index (χ1v) is 8.59. The standard InChI is InChI=1S/C18H27N3O.ClH/c22-18(17-6-9-19-10-7-17)21-14-12-20(13-15-21)11-8-16-4-2-1-3-5-16;/h1-5,17,19H,6-15H2;1H. The molecule has 1 amide bonds. The molecule has 2 aliphatic rings. The van der Waals surface area contributed by atoms with Crippen LogP contribution in [-0.2, 0) is 11.2 Å². The van der Waals surface area contributed by atoms with Gasteiger partial charge in [0.05, 0.1) is 0 Å². The number of nitrogens with one attached hydrogen (secondary N) is 1. The smallest absolute Gasteiger partial charge is 0.225 e. The molecule has 23 heavy (non-hydrogen) atoms. The summed E-state index contributed by atoms with van der Waals surface area (Å²) in [5, 5.41) is 3.33. The average molecular weight is 338 g/mol. The van der Waals surface area contributed by atoms with E-state index in [2.05, 4.69) is 45.4 Å². The second-order valence-electron chi connectivity index (χ2n) is 6.43. The number of halogens is 1. The van der Waals surface area contributed by atoms with Crippen LogP contribution in [0.2, 0.25) is 0 Å². The Balaban J connectivity index is 0.00000192. The number of hydrogen-bond donors (Lipinski definition) is 1. The maximum Gasteiger partial charge on any atom is 0.225 e. The molecule has 1 aromatic rings.